The summed E-state index contributed by atoms with van der Waals surface area (Å²) in [5.74, 6) is 0.0603. The molecule has 0 aliphatic carbocycles. The third kappa shape index (κ3) is 3.77. The average Bonchev–Trinajstić information content (AvgIpc) is 2.59. The molecule has 1 heterocycles. The lowest BCUT2D eigenvalue weighted by atomic mass is 10.1. The molecule has 25 heavy (non-hydrogen) atoms. The second kappa shape index (κ2) is 7.04. The standard InChI is InChI=1S/C18H12F2N2O3/c19-18(20)25-17-7-2-1-4-12(17)8-9-13-10-11-14-15(21-13)5-3-6-16(14)22(23)24/h1-11,18H/b9-8+. The summed E-state index contributed by atoms with van der Waals surface area (Å²) in [5, 5.41) is 11.5. The topological polar surface area (TPSA) is 65.3 Å². The molecule has 5 nitrogen and oxygen atoms in total. The average molecular weight is 342 g/mol. The first kappa shape index (κ1) is 16.5. The lowest BCUT2D eigenvalue weighted by molar-refractivity contribution is -0.383. The van der Waals surface area contributed by atoms with Crippen LogP contribution < -0.4 is 4.74 Å². The Morgan fingerprint density at radius 1 is 1.04 bits per heavy atom. The van der Waals surface area contributed by atoms with Crippen molar-refractivity contribution >= 4 is 28.7 Å². The highest BCUT2D eigenvalue weighted by Crippen LogP contribution is 2.25. The van der Waals surface area contributed by atoms with Gasteiger partial charge in [0.2, 0.25) is 0 Å². The number of alkyl halides is 2. The van der Waals surface area contributed by atoms with Gasteiger partial charge in [-0.2, -0.15) is 8.78 Å². The molecule has 0 saturated heterocycles. The van der Waals surface area contributed by atoms with Gasteiger partial charge in [-0.25, -0.2) is 4.98 Å². The first-order valence-corrected chi connectivity index (χ1v) is 7.30. The van der Waals surface area contributed by atoms with Crippen molar-refractivity contribution in [2.75, 3.05) is 0 Å². The van der Waals surface area contributed by atoms with E-state index in [0.717, 1.165) is 0 Å². The second-order valence-corrected chi connectivity index (χ2v) is 5.09. The summed E-state index contributed by atoms with van der Waals surface area (Å²) in [6.07, 6.45) is 3.23. The molecule has 1 aromatic heterocycles. The van der Waals surface area contributed by atoms with Gasteiger partial charge in [0, 0.05) is 11.6 Å². The lowest BCUT2D eigenvalue weighted by Crippen LogP contribution is -2.02. The molecule has 3 rings (SSSR count). The van der Waals surface area contributed by atoms with Crippen LogP contribution in [0.2, 0.25) is 0 Å². The van der Waals surface area contributed by atoms with E-state index in [1.165, 1.54) is 12.1 Å². The third-order valence-electron chi connectivity index (χ3n) is 3.50. The number of halogens is 2. The van der Waals surface area contributed by atoms with Gasteiger partial charge < -0.3 is 4.74 Å². The zero-order valence-corrected chi connectivity index (χ0v) is 12.8. The van der Waals surface area contributed by atoms with Gasteiger partial charge in [0.1, 0.15) is 5.75 Å². The van der Waals surface area contributed by atoms with Gasteiger partial charge in [0.25, 0.3) is 5.69 Å². The predicted octanol–water partition coefficient (Wildman–Crippen LogP) is 4.91. The van der Waals surface area contributed by atoms with Crippen LogP contribution in [0.3, 0.4) is 0 Å². The number of nitro groups is 1. The third-order valence-corrected chi connectivity index (χ3v) is 3.50. The Kier molecular flexibility index (Phi) is 4.65. The fourth-order valence-electron chi connectivity index (χ4n) is 2.40. The summed E-state index contributed by atoms with van der Waals surface area (Å²) in [6, 6.07) is 14.3. The van der Waals surface area contributed by atoms with Crippen LogP contribution in [0.1, 0.15) is 11.3 Å². The van der Waals surface area contributed by atoms with Crippen LogP contribution in [0.15, 0.2) is 54.6 Å². The summed E-state index contributed by atoms with van der Waals surface area (Å²) < 4.78 is 29.3. The van der Waals surface area contributed by atoms with Crippen molar-refractivity contribution in [3.05, 3.63) is 76.0 Å². The van der Waals surface area contributed by atoms with E-state index >= 15 is 0 Å². The summed E-state index contributed by atoms with van der Waals surface area (Å²) in [5.41, 5.74) is 1.48. The van der Waals surface area contributed by atoms with Crippen LogP contribution in [0.5, 0.6) is 5.75 Å². The number of benzene rings is 2. The molecule has 126 valence electrons. The largest absolute Gasteiger partial charge is 0.434 e. The SMILES string of the molecule is O=[N+]([O-])c1cccc2nc(/C=C/c3ccccc3OC(F)F)ccc12. The Bertz CT molecular complexity index is 958. The second-order valence-electron chi connectivity index (χ2n) is 5.09. The summed E-state index contributed by atoms with van der Waals surface area (Å²) in [6.45, 7) is -2.91. The number of pyridine rings is 1. The van der Waals surface area contributed by atoms with E-state index in [1.54, 1.807) is 54.6 Å². The molecule has 0 unspecified atom stereocenters. The molecule has 0 atom stereocenters. The van der Waals surface area contributed by atoms with Gasteiger partial charge in [-0.15, -0.1) is 0 Å². The molecule has 0 spiro atoms. The molecule has 0 aliphatic rings. The Labute approximate surface area is 141 Å². The normalized spacial score (nSPS) is 11.3. The summed E-state index contributed by atoms with van der Waals surface area (Å²) in [4.78, 5) is 14.9. The van der Waals surface area contributed by atoms with Crippen LogP contribution in [0.4, 0.5) is 14.5 Å². The maximum atomic E-state index is 12.4. The maximum absolute atomic E-state index is 12.4. The zero-order valence-electron chi connectivity index (χ0n) is 12.8. The van der Waals surface area contributed by atoms with Crippen LogP contribution >= 0.6 is 0 Å². The highest BCUT2D eigenvalue weighted by molar-refractivity contribution is 5.89. The Hall–Kier alpha value is -3.35. The number of hydrogen-bond donors (Lipinski definition) is 0. The number of fused-ring (bicyclic) bond motifs is 1. The predicted molar refractivity (Wildman–Crippen MR) is 90.4 cm³/mol. The smallest absolute Gasteiger partial charge is 0.387 e. The first-order chi connectivity index (χ1) is 12.0. The molecule has 0 N–H and O–H groups in total. The van der Waals surface area contributed by atoms with Gasteiger partial charge >= 0.3 is 6.61 Å². The van der Waals surface area contributed by atoms with E-state index in [-0.39, 0.29) is 11.4 Å². The Balaban J connectivity index is 1.94. The summed E-state index contributed by atoms with van der Waals surface area (Å²) in [7, 11) is 0. The van der Waals surface area contributed by atoms with Crippen LogP contribution in [-0.2, 0) is 0 Å². The number of para-hydroxylation sites is 1. The molecule has 0 amide bonds. The highest BCUT2D eigenvalue weighted by atomic mass is 19.3. The maximum Gasteiger partial charge on any atom is 0.387 e. The molecule has 0 fully saturated rings. The van der Waals surface area contributed by atoms with Gasteiger partial charge in [-0.3, -0.25) is 10.1 Å². The van der Waals surface area contributed by atoms with Crippen molar-refractivity contribution < 1.29 is 18.4 Å². The van der Waals surface area contributed by atoms with Crippen molar-refractivity contribution in [2.45, 2.75) is 6.61 Å². The van der Waals surface area contributed by atoms with Gasteiger partial charge in [0.15, 0.2) is 0 Å². The van der Waals surface area contributed by atoms with Crippen molar-refractivity contribution in [3.63, 3.8) is 0 Å². The van der Waals surface area contributed by atoms with Gasteiger partial charge in [-0.05, 0) is 36.4 Å². The number of non-ortho nitro benzene ring substituents is 1. The van der Waals surface area contributed by atoms with Crippen LogP contribution in [0.25, 0.3) is 23.1 Å². The number of nitrogens with zero attached hydrogens (tertiary/aromatic N) is 2. The molecule has 0 aliphatic heterocycles. The molecular formula is C18H12F2N2O3. The fraction of sp³-hybridized carbons (Fsp3) is 0.0556. The monoisotopic (exact) mass is 342 g/mol. The van der Waals surface area contributed by atoms with Gasteiger partial charge in [-0.1, -0.05) is 24.3 Å². The van der Waals surface area contributed by atoms with E-state index in [4.69, 9.17) is 0 Å². The van der Waals surface area contributed by atoms with Crippen molar-refractivity contribution in [1.82, 2.24) is 4.98 Å². The number of aromatic nitrogens is 1. The number of ether oxygens (including phenoxy) is 1. The minimum absolute atomic E-state index is 0.0174. The first-order valence-electron chi connectivity index (χ1n) is 7.30. The highest BCUT2D eigenvalue weighted by Gasteiger charge is 2.11. The van der Waals surface area contributed by atoms with Crippen molar-refractivity contribution in [3.8, 4) is 5.75 Å². The quantitative estimate of drug-likeness (QED) is 0.488. The fourth-order valence-corrected chi connectivity index (χ4v) is 2.40. The van der Waals surface area contributed by atoms with E-state index in [1.807, 2.05) is 0 Å². The summed E-state index contributed by atoms with van der Waals surface area (Å²) >= 11 is 0. The number of hydrogen-bond acceptors (Lipinski definition) is 4. The van der Waals surface area contributed by atoms with Crippen molar-refractivity contribution in [2.24, 2.45) is 0 Å². The van der Waals surface area contributed by atoms with Crippen LogP contribution in [-0.4, -0.2) is 16.5 Å². The molecule has 0 radical (unpaired) electrons. The molecule has 0 saturated carbocycles. The van der Waals surface area contributed by atoms with E-state index in [9.17, 15) is 18.9 Å². The van der Waals surface area contributed by atoms with E-state index in [2.05, 4.69) is 9.72 Å². The van der Waals surface area contributed by atoms with Crippen molar-refractivity contribution in [1.29, 1.82) is 0 Å². The zero-order chi connectivity index (χ0) is 17.8. The molecule has 2 aromatic carbocycles. The Morgan fingerprint density at radius 2 is 1.84 bits per heavy atom. The van der Waals surface area contributed by atoms with Crippen LogP contribution in [0, 0.1) is 10.1 Å². The number of nitro benzene ring substituents is 1. The lowest BCUT2D eigenvalue weighted by Gasteiger charge is -2.07. The minimum Gasteiger partial charge on any atom is -0.434 e. The minimum atomic E-state index is -2.91. The molecule has 3 aromatic rings. The Morgan fingerprint density at radius 3 is 2.60 bits per heavy atom. The molecule has 0 bridgehead atoms. The van der Waals surface area contributed by atoms with Gasteiger partial charge in [0.05, 0.1) is 21.5 Å². The number of rotatable bonds is 5. The van der Waals surface area contributed by atoms with E-state index < -0.39 is 11.5 Å². The molecule has 7 heteroatoms. The molecular weight excluding hydrogens is 330 g/mol. The van der Waals surface area contributed by atoms with E-state index in [0.29, 0.717) is 22.2 Å².